The molecule has 0 aliphatic carbocycles. The number of hydrogen-bond donors (Lipinski definition) is 0. The van der Waals surface area contributed by atoms with Crippen LogP contribution in [0.1, 0.15) is 35.4 Å². The lowest BCUT2D eigenvalue weighted by Gasteiger charge is -2.26. The SMILES string of the molecule is O=C(c1ccc2c(c1)nc1n2CCOC1)N1CCCCC1. The number of benzene rings is 1. The van der Waals surface area contributed by atoms with Crippen molar-refractivity contribution in [2.24, 2.45) is 0 Å². The van der Waals surface area contributed by atoms with Crippen molar-refractivity contribution in [1.82, 2.24) is 14.5 Å². The van der Waals surface area contributed by atoms with E-state index in [9.17, 15) is 4.79 Å². The van der Waals surface area contributed by atoms with Crippen LogP contribution >= 0.6 is 0 Å². The van der Waals surface area contributed by atoms with Gasteiger partial charge in [-0.3, -0.25) is 4.79 Å². The van der Waals surface area contributed by atoms with Crippen molar-refractivity contribution >= 4 is 16.9 Å². The molecular formula is C16H19N3O2. The van der Waals surface area contributed by atoms with Crippen molar-refractivity contribution in [3.05, 3.63) is 29.6 Å². The Kier molecular flexibility index (Phi) is 3.15. The van der Waals surface area contributed by atoms with Crippen LogP contribution in [0.25, 0.3) is 11.0 Å². The molecule has 1 aromatic carbocycles. The summed E-state index contributed by atoms with van der Waals surface area (Å²) >= 11 is 0. The third kappa shape index (κ3) is 2.21. The van der Waals surface area contributed by atoms with Gasteiger partial charge in [0.2, 0.25) is 0 Å². The average molecular weight is 285 g/mol. The number of carbonyl (C=O) groups is 1. The molecule has 0 radical (unpaired) electrons. The number of carbonyl (C=O) groups excluding carboxylic acids is 1. The quantitative estimate of drug-likeness (QED) is 0.807. The Morgan fingerprint density at radius 1 is 1.14 bits per heavy atom. The van der Waals surface area contributed by atoms with Gasteiger partial charge in [0.25, 0.3) is 5.91 Å². The molecule has 110 valence electrons. The fourth-order valence-corrected chi connectivity index (χ4v) is 3.27. The summed E-state index contributed by atoms with van der Waals surface area (Å²) < 4.78 is 7.63. The van der Waals surface area contributed by atoms with Crippen LogP contribution in [0.2, 0.25) is 0 Å². The zero-order valence-electron chi connectivity index (χ0n) is 12.0. The number of ether oxygens (including phenoxy) is 1. The van der Waals surface area contributed by atoms with Crippen molar-refractivity contribution in [3.63, 3.8) is 0 Å². The maximum Gasteiger partial charge on any atom is 0.253 e. The van der Waals surface area contributed by atoms with E-state index in [-0.39, 0.29) is 5.91 Å². The van der Waals surface area contributed by atoms with E-state index < -0.39 is 0 Å². The van der Waals surface area contributed by atoms with Gasteiger partial charge in [-0.1, -0.05) is 0 Å². The Bertz CT molecular complexity index is 686. The molecule has 0 N–H and O–H groups in total. The smallest absolute Gasteiger partial charge is 0.253 e. The molecule has 2 aliphatic rings. The van der Waals surface area contributed by atoms with E-state index in [1.54, 1.807) is 0 Å². The van der Waals surface area contributed by atoms with Gasteiger partial charge in [-0.15, -0.1) is 0 Å². The highest BCUT2D eigenvalue weighted by Crippen LogP contribution is 2.22. The lowest BCUT2D eigenvalue weighted by atomic mass is 10.1. The first-order chi connectivity index (χ1) is 10.3. The zero-order chi connectivity index (χ0) is 14.2. The molecule has 21 heavy (non-hydrogen) atoms. The molecular weight excluding hydrogens is 266 g/mol. The second-order valence-corrected chi connectivity index (χ2v) is 5.79. The minimum atomic E-state index is 0.138. The topological polar surface area (TPSA) is 47.4 Å². The summed E-state index contributed by atoms with van der Waals surface area (Å²) in [6, 6.07) is 5.88. The van der Waals surface area contributed by atoms with Crippen molar-refractivity contribution in [2.75, 3.05) is 19.7 Å². The fraction of sp³-hybridized carbons (Fsp3) is 0.500. The number of amides is 1. The van der Waals surface area contributed by atoms with E-state index in [0.717, 1.165) is 61.5 Å². The predicted octanol–water partition coefficient (Wildman–Crippen LogP) is 2.19. The van der Waals surface area contributed by atoms with Crippen molar-refractivity contribution in [3.8, 4) is 0 Å². The maximum absolute atomic E-state index is 12.6. The van der Waals surface area contributed by atoms with Crippen molar-refractivity contribution < 1.29 is 9.53 Å². The van der Waals surface area contributed by atoms with Gasteiger partial charge in [0.15, 0.2) is 0 Å². The normalized spacial score (nSPS) is 18.8. The molecule has 1 amide bonds. The summed E-state index contributed by atoms with van der Waals surface area (Å²) in [6.45, 7) is 3.89. The van der Waals surface area contributed by atoms with E-state index in [1.165, 1.54) is 6.42 Å². The summed E-state index contributed by atoms with van der Waals surface area (Å²) in [5, 5.41) is 0. The van der Waals surface area contributed by atoms with Gasteiger partial charge in [0, 0.05) is 25.2 Å². The molecule has 2 aliphatic heterocycles. The van der Waals surface area contributed by atoms with Crippen LogP contribution in [0.4, 0.5) is 0 Å². The highest BCUT2D eigenvalue weighted by atomic mass is 16.5. The van der Waals surface area contributed by atoms with Gasteiger partial charge in [-0.25, -0.2) is 4.98 Å². The number of nitrogens with zero attached hydrogens (tertiary/aromatic N) is 3. The molecule has 2 aromatic rings. The van der Waals surface area contributed by atoms with E-state index in [2.05, 4.69) is 9.55 Å². The summed E-state index contributed by atoms with van der Waals surface area (Å²) in [6.07, 6.45) is 3.46. The summed E-state index contributed by atoms with van der Waals surface area (Å²) in [5.41, 5.74) is 2.75. The van der Waals surface area contributed by atoms with Crippen LogP contribution in [0.3, 0.4) is 0 Å². The molecule has 0 saturated carbocycles. The minimum Gasteiger partial charge on any atom is -0.372 e. The van der Waals surface area contributed by atoms with Crippen LogP contribution in [-0.4, -0.2) is 40.1 Å². The highest BCUT2D eigenvalue weighted by Gasteiger charge is 2.20. The number of imidazole rings is 1. The molecule has 1 aromatic heterocycles. The molecule has 0 unspecified atom stereocenters. The first kappa shape index (κ1) is 12.8. The standard InChI is InChI=1S/C16H19N3O2/c20-16(18-6-2-1-3-7-18)12-4-5-14-13(10-12)17-15-11-21-9-8-19(14)15/h4-5,10H,1-3,6-9,11H2. The maximum atomic E-state index is 12.6. The van der Waals surface area contributed by atoms with Crippen molar-refractivity contribution in [2.45, 2.75) is 32.4 Å². The first-order valence-electron chi connectivity index (χ1n) is 7.69. The molecule has 4 rings (SSSR count). The first-order valence-corrected chi connectivity index (χ1v) is 7.69. The van der Waals surface area contributed by atoms with Gasteiger partial charge >= 0.3 is 0 Å². The fourth-order valence-electron chi connectivity index (χ4n) is 3.27. The van der Waals surface area contributed by atoms with E-state index >= 15 is 0 Å². The highest BCUT2D eigenvalue weighted by molar-refractivity contribution is 5.97. The largest absolute Gasteiger partial charge is 0.372 e. The lowest BCUT2D eigenvalue weighted by Crippen LogP contribution is -2.35. The van der Waals surface area contributed by atoms with Gasteiger partial charge in [0.05, 0.1) is 17.6 Å². The van der Waals surface area contributed by atoms with Gasteiger partial charge in [-0.2, -0.15) is 0 Å². The molecule has 1 fully saturated rings. The Hall–Kier alpha value is -1.88. The summed E-state index contributed by atoms with van der Waals surface area (Å²) in [4.78, 5) is 19.1. The number of aromatic nitrogens is 2. The number of piperidine rings is 1. The van der Waals surface area contributed by atoms with Gasteiger partial charge in [0.1, 0.15) is 12.4 Å². The molecule has 5 heteroatoms. The number of likely N-dealkylation sites (tertiary alicyclic amines) is 1. The molecule has 0 atom stereocenters. The van der Waals surface area contributed by atoms with Crippen LogP contribution < -0.4 is 0 Å². The summed E-state index contributed by atoms with van der Waals surface area (Å²) in [7, 11) is 0. The Morgan fingerprint density at radius 3 is 2.86 bits per heavy atom. The molecule has 5 nitrogen and oxygen atoms in total. The number of rotatable bonds is 1. The zero-order valence-corrected chi connectivity index (χ0v) is 12.0. The van der Waals surface area contributed by atoms with Crippen molar-refractivity contribution in [1.29, 1.82) is 0 Å². The molecule has 1 saturated heterocycles. The predicted molar refractivity (Wildman–Crippen MR) is 79.1 cm³/mol. The second kappa shape index (κ2) is 5.15. The van der Waals surface area contributed by atoms with Gasteiger partial charge < -0.3 is 14.2 Å². The van der Waals surface area contributed by atoms with E-state index in [0.29, 0.717) is 6.61 Å². The van der Waals surface area contributed by atoms with Gasteiger partial charge in [-0.05, 0) is 37.5 Å². The molecule has 3 heterocycles. The number of hydrogen-bond acceptors (Lipinski definition) is 3. The number of fused-ring (bicyclic) bond motifs is 3. The van der Waals surface area contributed by atoms with Crippen LogP contribution in [0.5, 0.6) is 0 Å². The monoisotopic (exact) mass is 285 g/mol. The summed E-state index contributed by atoms with van der Waals surface area (Å²) in [5.74, 6) is 1.10. The molecule has 0 spiro atoms. The Balaban J connectivity index is 1.68. The minimum absolute atomic E-state index is 0.138. The third-order valence-electron chi connectivity index (χ3n) is 4.41. The second-order valence-electron chi connectivity index (χ2n) is 5.79. The van der Waals surface area contributed by atoms with E-state index in [4.69, 9.17) is 4.74 Å². The lowest BCUT2D eigenvalue weighted by molar-refractivity contribution is 0.0724. The van der Waals surface area contributed by atoms with Crippen LogP contribution in [0, 0.1) is 0 Å². The van der Waals surface area contributed by atoms with E-state index in [1.807, 2.05) is 23.1 Å². The Labute approximate surface area is 123 Å². The third-order valence-corrected chi connectivity index (χ3v) is 4.41. The van der Waals surface area contributed by atoms with Crippen LogP contribution in [0.15, 0.2) is 18.2 Å². The molecule has 0 bridgehead atoms. The average Bonchev–Trinajstić information content (AvgIpc) is 2.92. The Morgan fingerprint density at radius 2 is 2.00 bits per heavy atom. The van der Waals surface area contributed by atoms with Crippen LogP contribution in [-0.2, 0) is 17.9 Å².